The van der Waals surface area contributed by atoms with E-state index in [1.165, 1.54) is 0 Å². The molecule has 1 fully saturated rings. The van der Waals surface area contributed by atoms with Gasteiger partial charge in [-0.05, 0) is 25.5 Å². The smallest absolute Gasteiger partial charge is 0.325 e. The van der Waals surface area contributed by atoms with E-state index in [2.05, 4.69) is 24.8 Å². The third-order valence-electron chi connectivity index (χ3n) is 5.18. The highest BCUT2D eigenvalue weighted by Gasteiger charge is 2.32. The van der Waals surface area contributed by atoms with Crippen molar-refractivity contribution in [3.63, 3.8) is 0 Å². The van der Waals surface area contributed by atoms with Crippen molar-refractivity contribution in [3.05, 3.63) is 54.0 Å². The molecule has 1 aromatic carbocycles. The molecule has 0 aliphatic carbocycles. The number of carbonyl (C=O) groups is 1. The summed E-state index contributed by atoms with van der Waals surface area (Å²) in [7, 11) is 0. The van der Waals surface area contributed by atoms with E-state index >= 15 is 0 Å². The summed E-state index contributed by atoms with van der Waals surface area (Å²) >= 11 is 0. The Morgan fingerprint density at radius 1 is 1.11 bits per heavy atom. The maximum absolute atomic E-state index is 12.3. The van der Waals surface area contributed by atoms with Crippen molar-refractivity contribution in [1.29, 1.82) is 0 Å². The highest BCUT2D eigenvalue weighted by Crippen LogP contribution is 2.32. The van der Waals surface area contributed by atoms with Gasteiger partial charge in [-0.25, -0.2) is 9.97 Å². The van der Waals surface area contributed by atoms with Crippen LogP contribution in [0.5, 0.6) is 0 Å². The van der Waals surface area contributed by atoms with Gasteiger partial charge in [0.2, 0.25) is 5.95 Å². The van der Waals surface area contributed by atoms with Gasteiger partial charge in [-0.3, -0.25) is 9.69 Å². The maximum Gasteiger partial charge on any atom is 0.325 e. The van der Waals surface area contributed by atoms with Gasteiger partial charge in [-0.2, -0.15) is 0 Å². The minimum Gasteiger partial charge on any atom is -0.480 e. The van der Waals surface area contributed by atoms with Crippen LogP contribution in [-0.4, -0.2) is 57.1 Å². The van der Waals surface area contributed by atoms with E-state index < -0.39 is 12.0 Å². The molecule has 7 nitrogen and oxygen atoms in total. The van der Waals surface area contributed by atoms with E-state index in [-0.39, 0.29) is 0 Å². The Hall–Kier alpha value is -2.93. The first-order valence-electron chi connectivity index (χ1n) is 9.21. The Labute approximate surface area is 157 Å². The molecule has 3 aromatic rings. The van der Waals surface area contributed by atoms with E-state index in [1.54, 1.807) is 18.5 Å². The summed E-state index contributed by atoms with van der Waals surface area (Å²) in [4.78, 5) is 28.4. The zero-order chi connectivity index (χ0) is 18.8. The van der Waals surface area contributed by atoms with Crippen LogP contribution in [0.25, 0.3) is 10.9 Å². The van der Waals surface area contributed by atoms with Crippen LogP contribution in [0, 0.1) is 6.92 Å². The second kappa shape index (κ2) is 7.36. The Morgan fingerprint density at radius 2 is 1.89 bits per heavy atom. The van der Waals surface area contributed by atoms with Crippen LogP contribution in [0.1, 0.15) is 23.7 Å². The third-order valence-corrected chi connectivity index (χ3v) is 5.18. The van der Waals surface area contributed by atoms with Crippen molar-refractivity contribution < 1.29 is 9.90 Å². The van der Waals surface area contributed by atoms with Crippen LogP contribution in [-0.2, 0) is 4.79 Å². The first-order chi connectivity index (χ1) is 13.1. The van der Waals surface area contributed by atoms with Crippen molar-refractivity contribution in [3.8, 4) is 0 Å². The Balaban J connectivity index is 1.63. The largest absolute Gasteiger partial charge is 0.480 e. The summed E-state index contributed by atoms with van der Waals surface area (Å²) in [5, 5.41) is 11.0. The van der Waals surface area contributed by atoms with E-state index in [9.17, 15) is 9.90 Å². The van der Waals surface area contributed by atoms with Gasteiger partial charge in [-0.15, -0.1) is 0 Å². The molecule has 27 heavy (non-hydrogen) atoms. The van der Waals surface area contributed by atoms with E-state index in [1.807, 2.05) is 31.2 Å². The summed E-state index contributed by atoms with van der Waals surface area (Å²) in [6, 6.07) is 9.02. The average molecular weight is 365 g/mol. The molecule has 2 N–H and O–H groups in total. The topological polar surface area (TPSA) is 85.4 Å². The van der Waals surface area contributed by atoms with Crippen LogP contribution in [0.3, 0.4) is 0 Å². The number of nitrogens with zero attached hydrogens (tertiary/aromatic N) is 4. The maximum atomic E-state index is 12.3. The van der Waals surface area contributed by atoms with Gasteiger partial charge in [0, 0.05) is 60.7 Å². The number of benzene rings is 1. The lowest BCUT2D eigenvalue weighted by Gasteiger charge is -2.28. The normalized spacial score (nSPS) is 17.0. The fourth-order valence-electron chi connectivity index (χ4n) is 3.96. The molecule has 7 heteroatoms. The van der Waals surface area contributed by atoms with Crippen LogP contribution in [0.15, 0.2) is 42.7 Å². The number of para-hydroxylation sites is 1. The van der Waals surface area contributed by atoms with Crippen molar-refractivity contribution in [1.82, 2.24) is 19.9 Å². The molecule has 2 aromatic heterocycles. The van der Waals surface area contributed by atoms with Gasteiger partial charge >= 0.3 is 5.97 Å². The quantitative estimate of drug-likeness (QED) is 0.739. The second-order valence-corrected chi connectivity index (χ2v) is 6.88. The summed E-state index contributed by atoms with van der Waals surface area (Å²) in [5.41, 5.74) is 2.75. The van der Waals surface area contributed by atoms with E-state index in [0.29, 0.717) is 19.0 Å². The van der Waals surface area contributed by atoms with Gasteiger partial charge in [0.05, 0.1) is 0 Å². The Morgan fingerprint density at radius 3 is 2.67 bits per heavy atom. The molecule has 1 aliphatic heterocycles. The first kappa shape index (κ1) is 17.5. The van der Waals surface area contributed by atoms with Crippen LogP contribution < -0.4 is 4.90 Å². The molecule has 0 radical (unpaired) electrons. The average Bonchev–Trinajstić information content (AvgIpc) is 2.84. The number of carboxylic acids is 1. The lowest BCUT2D eigenvalue weighted by molar-refractivity contribution is -0.143. The molecule has 4 rings (SSSR count). The number of anilines is 1. The molecule has 0 bridgehead atoms. The number of hydrogen-bond acceptors (Lipinski definition) is 5. The van der Waals surface area contributed by atoms with E-state index in [4.69, 9.17) is 0 Å². The zero-order valence-electron chi connectivity index (χ0n) is 15.3. The van der Waals surface area contributed by atoms with Gasteiger partial charge in [0.1, 0.15) is 6.04 Å². The molecule has 140 valence electrons. The highest BCUT2D eigenvalue weighted by atomic mass is 16.4. The van der Waals surface area contributed by atoms with Crippen molar-refractivity contribution in [2.24, 2.45) is 0 Å². The Bertz CT molecular complexity index is 940. The van der Waals surface area contributed by atoms with Crippen molar-refractivity contribution in [2.45, 2.75) is 19.4 Å². The number of nitrogens with one attached hydrogen (secondary N) is 1. The molecule has 1 atom stereocenters. The van der Waals surface area contributed by atoms with Crippen LogP contribution in [0.2, 0.25) is 0 Å². The minimum absolute atomic E-state index is 0.647. The molecular weight excluding hydrogens is 342 g/mol. The monoisotopic (exact) mass is 365 g/mol. The third kappa shape index (κ3) is 3.38. The van der Waals surface area contributed by atoms with Crippen LogP contribution in [0.4, 0.5) is 5.95 Å². The van der Waals surface area contributed by atoms with Crippen molar-refractivity contribution >= 4 is 22.8 Å². The summed E-state index contributed by atoms with van der Waals surface area (Å²) in [6.07, 6.45) is 4.34. The number of aromatic nitrogens is 3. The number of aromatic amines is 1. The number of hydrogen-bond donors (Lipinski definition) is 2. The fourth-order valence-corrected chi connectivity index (χ4v) is 3.96. The number of aliphatic carboxylic acids is 1. The molecule has 1 saturated heterocycles. The standard InChI is InChI=1S/C20H23N5O2/c1-14-17(15-6-2-3-7-16(15)23-14)18(19(26)27)24-10-5-11-25(13-12-24)20-21-8-4-9-22-20/h2-4,6-9,18,23H,5,10-13H2,1H3,(H,26,27)/t18-/m0/s1. The molecule has 0 spiro atoms. The molecular formula is C20H23N5O2. The number of H-pyrrole nitrogens is 1. The number of carboxylic acid groups (broad SMARTS) is 1. The van der Waals surface area contributed by atoms with Crippen LogP contribution >= 0.6 is 0 Å². The summed E-state index contributed by atoms with van der Waals surface area (Å²) < 4.78 is 0. The summed E-state index contributed by atoms with van der Waals surface area (Å²) in [6.45, 7) is 4.84. The molecule has 0 amide bonds. The number of rotatable bonds is 4. The number of aryl methyl sites for hydroxylation is 1. The molecule has 1 aliphatic rings. The van der Waals surface area contributed by atoms with Gasteiger partial charge in [-0.1, -0.05) is 18.2 Å². The predicted octanol–water partition coefficient (Wildman–Crippen LogP) is 2.60. The van der Waals surface area contributed by atoms with E-state index in [0.717, 1.165) is 41.7 Å². The first-order valence-corrected chi connectivity index (χ1v) is 9.21. The van der Waals surface area contributed by atoms with Gasteiger partial charge < -0.3 is 15.0 Å². The lowest BCUT2D eigenvalue weighted by atomic mass is 10.0. The molecule has 0 unspecified atom stereocenters. The van der Waals surface area contributed by atoms with Crippen molar-refractivity contribution in [2.75, 3.05) is 31.1 Å². The highest BCUT2D eigenvalue weighted by molar-refractivity contribution is 5.90. The fraction of sp³-hybridized carbons (Fsp3) is 0.350. The van der Waals surface area contributed by atoms with Gasteiger partial charge in [0.25, 0.3) is 0 Å². The molecule has 3 heterocycles. The van der Waals surface area contributed by atoms with Gasteiger partial charge in [0.15, 0.2) is 0 Å². The number of fused-ring (bicyclic) bond motifs is 1. The molecule has 0 saturated carbocycles. The second-order valence-electron chi connectivity index (χ2n) is 6.88. The lowest BCUT2D eigenvalue weighted by Crippen LogP contribution is -2.37. The Kier molecular flexibility index (Phi) is 4.77. The minimum atomic E-state index is -0.813. The summed E-state index contributed by atoms with van der Waals surface area (Å²) in [5.74, 6) is -0.109. The SMILES string of the molecule is Cc1[nH]c2ccccc2c1[C@@H](C(=O)O)N1CCCN(c2ncccn2)CC1. The predicted molar refractivity (Wildman–Crippen MR) is 104 cm³/mol. The zero-order valence-corrected chi connectivity index (χ0v) is 15.3.